The molecule has 0 unspecified atom stereocenters. The Kier molecular flexibility index (Phi) is 10.3. The van der Waals surface area contributed by atoms with Gasteiger partial charge >= 0.3 is 0 Å². The predicted molar refractivity (Wildman–Crippen MR) is 345 cm³/mol. The number of furan rings is 2. The molecular weight excluding hydrogens is 1070 g/mol. The molecule has 0 spiro atoms. The minimum atomic E-state index is -0.215. The molecule has 6 aliphatic heterocycles. The van der Waals surface area contributed by atoms with Crippen molar-refractivity contribution in [3.05, 3.63) is 170 Å². The molecule has 11 aromatic rings. The van der Waals surface area contributed by atoms with E-state index in [1.807, 2.05) is 0 Å². The molecule has 0 saturated carbocycles. The van der Waals surface area contributed by atoms with Gasteiger partial charge < -0.3 is 28.7 Å². The van der Waals surface area contributed by atoms with Crippen molar-refractivity contribution in [2.24, 2.45) is 0 Å². The molecule has 0 atom stereocenters. The van der Waals surface area contributed by atoms with Crippen LogP contribution in [0.15, 0.2) is 193 Å². The van der Waals surface area contributed by atoms with E-state index in [1.54, 1.807) is 59.2 Å². The zero-order chi connectivity index (χ0) is 52.5. The van der Waals surface area contributed by atoms with Crippen molar-refractivity contribution in [2.75, 3.05) is 55.0 Å². The van der Waals surface area contributed by atoms with E-state index in [0.29, 0.717) is 0 Å². The molecule has 6 aliphatic rings. The summed E-state index contributed by atoms with van der Waals surface area (Å²) in [5.74, 6) is 1.76. The van der Waals surface area contributed by atoms with Crippen LogP contribution in [0.4, 0.5) is 68.2 Å². The number of benzene rings is 9. The number of fused-ring (bicyclic) bond motifs is 16. The molecule has 8 nitrogen and oxygen atoms in total. The summed E-state index contributed by atoms with van der Waals surface area (Å²) in [5.41, 5.74) is 25.4. The monoisotopic (exact) mass is 1110 g/mol. The average Bonchev–Trinajstić information content (AvgIpc) is 4.32. The van der Waals surface area contributed by atoms with Crippen molar-refractivity contribution in [3.8, 4) is 11.5 Å². The largest absolute Gasteiger partial charge is 0.468 e. The van der Waals surface area contributed by atoms with Gasteiger partial charge in [0, 0.05) is 83.8 Å². The second-order valence-corrected chi connectivity index (χ2v) is 24.7. The van der Waals surface area contributed by atoms with E-state index in [-0.39, 0.29) is 20.1 Å². The molecule has 0 amide bonds. The molecule has 0 fully saturated rings. The lowest BCUT2D eigenvalue weighted by Crippen LogP contribution is -2.65. The van der Waals surface area contributed by atoms with Gasteiger partial charge in [-0.2, -0.15) is 0 Å². The lowest BCUT2D eigenvalue weighted by molar-refractivity contribution is 0.486. The van der Waals surface area contributed by atoms with Gasteiger partial charge in [0.2, 0.25) is 0 Å². The number of rotatable bonds is 7. The molecule has 79 heavy (non-hydrogen) atoms. The Morgan fingerprint density at radius 2 is 0.886 bits per heavy atom. The highest BCUT2D eigenvalue weighted by atomic mass is 32.2. The highest BCUT2D eigenvalue weighted by Gasteiger charge is 2.51. The molecule has 0 saturated heterocycles. The lowest BCUT2D eigenvalue weighted by atomic mass is 9.30. The van der Waals surface area contributed by atoms with Gasteiger partial charge in [-0.25, -0.2) is 0 Å². The summed E-state index contributed by atoms with van der Waals surface area (Å²) in [7, 11) is 0. The maximum Gasteiger partial charge on any atom is 0.297 e. The van der Waals surface area contributed by atoms with Gasteiger partial charge in [-0.15, -0.1) is 35.3 Å². The number of nitrogens with zero attached hydrogens (tertiary/aromatic N) is 4. The fourth-order valence-corrected chi connectivity index (χ4v) is 16.6. The Morgan fingerprint density at radius 1 is 0.392 bits per heavy atom. The van der Waals surface area contributed by atoms with Crippen LogP contribution in [0, 0.1) is 0 Å². The first kappa shape index (κ1) is 46.7. The summed E-state index contributed by atoms with van der Waals surface area (Å²) >= 11 is 8.77. The minimum Gasteiger partial charge on any atom is -0.468 e. The van der Waals surface area contributed by atoms with Crippen molar-refractivity contribution >= 4 is 219 Å². The topological polar surface area (TPSA) is 60.5 Å². The lowest BCUT2D eigenvalue weighted by Gasteiger charge is -2.44. The third kappa shape index (κ3) is 6.40. The zero-order valence-corrected chi connectivity index (χ0v) is 47.5. The predicted octanol–water partition coefficient (Wildman–Crippen LogP) is 12.1. The molecule has 9 aromatic carbocycles. The van der Waals surface area contributed by atoms with E-state index in [9.17, 15) is 0 Å². The van der Waals surface area contributed by atoms with Crippen molar-refractivity contribution in [3.63, 3.8) is 0 Å². The Balaban J connectivity index is 0.930. The molecule has 0 radical (unpaired) electrons. The molecule has 0 aliphatic carbocycles. The summed E-state index contributed by atoms with van der Waals surface area (Å²) in [6, 6.07) is 62.5. The van der Waals surface area contributed by atoms with E-state index in [1.165, 1.54) is 48.3 Å². The number of anilines is 12. The van der Waals surface area contributed by atoms with E-state index < -0.39 is 0 Å². The molecule has 17 rings (SSSR count). The van der Waals surface area contributed by atoms with Crippen LogP contribution in [-0.2, 0) is 0 Å². The van der Waals surface area contributed by atoms with E-state index in [2.05, 4.69) is 225 Å². The van der Waals surface area contributed by atoms with Crippen LogP contribution in [0.2, 0.25) is 0 Å². The number of para-hydroxylation sites is 4. The Hall–Kier alpha value is -7.20. The van der Waals surface area contributed by atoms with Gasteiger partial charge in [0.15, 0.2) is 0 Å². The van der Waals surface area contributed by atoms with Crippen LogP contribution >= 0.6 is 59.2 Å². The Bertz CT molecular complexity index is 4460. The van der Waals surface area contributed by atoms with Crippen LogP contribution in [0.3, 0.4) is 0 Å². The van der Waals surface area contributed by atoms with Crippen molar-refractivity contribution in [2.45, 2.75) is 14.7 Å². The number of thioether (sulfide) groups is 3. The zero-order valence-electron chi connectivity index (χ0n) is 43.5. The highest BCUT2D eigenvalue weighted by Crippen LogP contribution is 2.51. The molecule has 8 heterocycles. The highest BCUT2D eigenvalue weighted by molar-refractivity contribution is 8.00. The number of ether oxygens (including phenoxy) is 1. The number of nitrogens with one attached hydrogen (secondary N) is 1. The normalized spacial score (nSPS) is 14.4. The molecule has 378 valence electrons. The molecule has 2 aromatic heterocycles. The van der Waals surface area contributed by atoms with Crippen molar-refractivity contribution in [1.82, 2.24) is 0 Å². The first-order chi connectivity index (χ1) is 38.9. The average molecular weight is 1110 g/mol. The summed E-state index contributed by atoms with van der Waals surface area (Å²) in [6.45, 7) is -0.597. The SMILES string of the molecule is CSc1cc2c3c(c1)N(SC)c1cc4c(cc1B3c1cc3c(cc1O2)N(SC)c1cc(SC)cc2c1B3c1oc3ccccc3c1N2c1ccccc1)B1c2oc3ccccc3c2N(c2ccccc2)c2cc(SC)cc(c21)N4. The third-order valence-electron chi connectivity index (χ3n) is 16.9. The quantitative estimate of drug-likeness (QED) is 0.0937. The molecule has 0 bridgehead atoms. The van der Waals surface area contributed by atoms with E-state index in [0.717, 1.165) is 118 Å². The Morgan fingerprint density at radius 3 is 1.49 bits per heavy atom. The maximum absolute atomic E-state index is 7.39. The first-order valence-electron chi connectivity index (χ1n) is 26.3. The summed E-state index contributed by atoms with van der Waals surface area (Å²) in [6.07, 6.45) is 10.9. The van der Waals surface area contributed by atoms with Crippen LogP contribution in [0.25, 0.3) is 21.9 Å². The number of hydrogen-bond acceptors (Lipinski definition) is 13. The number of hydrogen-bond donors (Lipinski definition) is 1. The maximum atomic E-state index is 7.39. The van der Waals surface area contributed by atoms with Crippen LogP contribution in [0.1, 0.15) is 0 Å². The van der Waals surface area contributed by atoms with Gasteiger partial charge in [-0.1, -0.05) is 72.8 Å². The van der Waals surface area contributed by atoms with Gasteiger partial charge in [0.05, 0.1) is 39.8 Å². The smallest absolute Gasteiger partial charge is 0.297 e. The second-order valence-electron chi connectivity index (χ2n) is 20.6. The minimum absolute atomic E-state index is 0.181. The summed E-state index contributed by atoms with van der Waals surface area (Å²) in [5, 5.41) is 6.26. The van der Waals surface area contributed by atoms with Gasteiger partial charge in [-0.05, 0) is 172 Å². The molecular formula is C63H44B3N5O3S5. The van der Waals surface area contributed by atoms with Gasteiger partial charge in [-0.3, -0.25) is 8.61 Å². The summed E-state index contributed by atoms with van der Waals surface area (Å²) < 4.78 is 26.8. The third-order valence-corrected chi connectivity index (χ3v) is 20.6. The standard InChI is InChI=1S/C63H44B3N5O3S5/c1-75-36-24-46-57-49(25-36)68(34-16-8-6-9-17-34)60-39-20-12-14-22-53(39)73-62(60)65(57)41-30-42-47(32-45(41)67-46)70(78-4)52-28-38(77-3)29-56-59(52)64(42)44-31-43-48(33-55(44)72-56)71(79-5)51-27-37(76-2)26-50-58(51)66(43)63-61(40-21-13-15-23-54(40)74-63)69(50)35-18-10-7-11-19-35/h6-33,67H,1-5H3. The fraction of sp³-hybridized carbons (Fsp3) is 0.0794. The molecule has 1 N–H and O–H groups in total. The van der Waals surface area contributed by atoms with Gasteiger partial charge in [0.25, 0.3) is 20.1 Å². The van der Waals surface area contributed by atoms with Crippen molar-refractivity contribution in [1.29, 1.82) is 0 Å². The summed E-state index contributed by atoms with van der Waals surface area (Å²) in [4.78, 5) is 8.42. The molecule has 16 heteroatoms. The van der Waals surface area contributed by atoms with Crippen LogP contribution in [-0.4, -0.2) is 51.4 Å². The van der Waals surface area contributed by atoms with Crippen LogP contribution < -0.4 is 78.0 Å². The van der Waals surface area contributed by atoms with E-state index >= 15 is 0 Å². The second kappa shape index (κ2) is 17.4. The fourth-order valence-electron chi connectivity index (χ4n) is 13.8. The van der Waals surface area contributed by atoms with Crippen LogP contribution in [0.5, 0.6) is 11.5 Å². The first-order valence-corrected chi connectivity index (χ1v) is 32.4. The Labute approximate surface area is 480 Å². The van der Waals surface area contributed by atoms with E-state index in [4.69, 9.17) is 13.6 Å². The van der Waals surface area contributed by atoms with Gasteiger partial charge in [0.1, 0.15) is 22.7 Å². The van der Waals surface area contributed by atoms with Crippen molar-refractivity contribution < 1.29 is 13.6 Å².